The highest BCUT2D eigenvalue weighted by Crippen LogP contribution is 2.26. The number of para-hydroxylation sites is 1. The first-order valence-corrected chi connectivity index (χ1v) is 14.2. The third-order valence-electron chi connectivity index (χ3n) is 7.30. The topological polar surface area (TPSA) is 72.6 Å². The molecule has 220 valence electrons. The summed E-state index contributed by atoms with van der Waals surface area (Å²) in [7, 11) is 0. The van der Waals surface area contributed by atoms with E-state index in [1.54, 1.807) is 0 Å². The second-order valence-corrected chi connectivity index (χ2v) is 10.5. The average Bonchev–Trinajstić information content (AvgIpc) is 3.01. The van der Waals surface area contributed by atoms with Crippen LogP contribution in [0, 0.1) is 0 Å². The summed E-state index contributed by atoms with van der Waals surface area (Å²) in [4.78, 5) is 1.00. The number of fused-ring (bicyclic) bond motifs is 2. The number of hydrogen-bond donors (Lipinski definition) is 3. The van der Waals surface area contributed by atoms with Gasteiger partial charge in [0.05, 0.1) is 0 Å². The normalized spacial score (nSPS) is 14.0. The molecule has 0 saturated heterocycles. The summed E-state index contributed by atoms with van der Waals surface area (Å²) < 4.78 is 18.1. The fourth-order valence-electron chi connectivity index (χ4n) is 5.08. The van der Waals surface area contributed by atoms with E-state index >= 15 is 0 Å². The van der Waals surface area contributed by atoms with Crippen molar-refractivity contribution in [2.45, 2.75) is 25.2 Å². The molecule has 0 aliphatic carbocycles. The first-order valence-electron chi connectivity index (χ1n) is 14.2. The lowest BCUT2D eigenvalue weighted by Gasteiger charge is -2.30. The minimum atomic E-state index is -0.741. The van der Waals surface area contributed by atoms with E-state index in [2.05, 4.69) is 6.92 Å². The molecular formula is C35H38ClNO5. The van der Waals surface area contributed by atoms with Gasteiger partial charge in [-0.2, -0.15) is 0 Å². The van der Waals surface area contributed by atoms with Gasteiger partial charge in [0.15, 0.2) is 0 Å². The molecule has 0 aliphatic heterocycles. The zero-order valence-corrected chi connectivity index (χ0v) is 24.5. The quantitative estimate of drug-likeness (QED) is 0.184. The Bertz CT molecular complexity index is 1430. The lowest BCUT2D eigenvalue weighted by molar-refractivity contribution is -0.929. The van der Waals surface area contributed by atoms with Gasteiger partial charge in [-0.05, 0) is 42.0 Å². The predicted octanol–water partition coefficient (Wildman–Crippen LogP) is 1.53. The average molecular weight is 588 g/mol. The summed E-state index contributed by atoms with van der Waals surface area (Å²) in [6.07, 6.45) is -1.48. The molecule has 6 nitrogen and oxygen atoms in total. The molecule has 42 heavy (non-hydrogen) atoms. The van der Waals surface area contributed by atoms with Crippen molar-refractivity contribution in [1.82, 2.24) is 0 Å². The van der Waals surface area contributed by atoms with Gasteiger partial charge >= 0.3 is 0 Å². The van der Waals surface area contributed by atoms with Crippen molar-refractivity contribution in [3.63, 3.8) is 0 Å². The first-order chi connectivity index (χ1) is 20.1. The highest BCUT2D eigenvalue weighted by Gasteiger charge is 2.26. The molecule has 0 aliphatic rings. The van der Waals surface area contributed by atoms with Crippen LogP contribution in [0.4, 0.5) is 0 Å². The molecule has 0 saturated carbocycles. The molecule has 3 atom stereocenters. The first kappa shape index (κ1) is 31.1. The van der Waals surface area contributed by atoms with Gasteiger partial charge < -0.3 is 41.7 Å². The van der Waals surface area contributed by atoms with Gasteiger partial charge in [-0.25, -0.2) is 0 Å². The van der Waals surface area contributed by atoms with Crippen LogP contribution in [0.15, 0.2) is 115 Å². The molecule has 5 aromatic carbocycles. The molecule has 5 rings (SSSR count). The third kappa shape index (κ3) is 8.37. The van der Waals surface area contributed by atoms with Crippen LogP contribution < -0.4 is 31.5 Å². The number of ether oxygens (including phenoxy) is 3. The molecule has 3 unspecified atom stereocenters. The number of aliphatic hydroxyl groups is 2. The SMILES string of the molecule is CC(COc1ccccc1)[NH+](CC(O)COc1cccc2ccccc12)CC(O)COc1cccc2ccccc12.[Cl-]. The summed E-state index contributed by atoms with van der Waals surface area (Å²) >= 11 is 0. The van der Waals surface area contributed by atoms with E-state index in [1.807, 2.05) is 115 Å². The fourth-order valence-corrected chi connectivity index (χ4v) is 5.08. The van der Waals surface area contributed by atoms with E-state index in [0.717, 1.165) is 43.7 Å². The Morgan fingerprint density at radius 2 is 1.00 bits per heavy atom. The number of benzene rings is 5. The monoisotopic (exact) mass is 587 g/mol. The number of quaternary nitrogens is 1. The Kier molecular flexibility index (Phi) is 11.4. The van der Waals surface area contributed by atoms with Crippen LogP contribution in [0.2, 0.25) is 0 Å². The Hall–Kier alpha value is -3.81. The lowest BCUT2D eigenvalue weighted by Crippen LogP contribution is -3.18. The van der Waals surface area contributed by atoms with E-state index in [9.17, 15) is 10.2 Å². The van der Waals surface area contributed by atoms with Gasteiger partial charge in [-0.15, -0.1) is 0 Å². The van der Waals surface area contributed by atoms with Crippen molar-refractivity contribution in [3.8, 4) is 17.2 Å². The Morgan fingerprint density at radius 1 is 0.548 bits per heavy atom. The maximum absolute atomic E-state index is 11.0. The number of rotatable bonds is 14. The van der Waals surface area contributed by atoms with Crippen molar-refractivity contribution in [2.75, 3.05) is 32.9 Å². The minimum Gasteiger partial charge on any atom is -1.00 e. The van der Waals surface area contributed by atoms with Crippen LogP contribution in [0.5, 0.6) is 17.2 Å². The summed E-state index contributed by atoms with van der Waals surface area (Å²) in [5.74, 6) is 2.28. The molecule has 3 N–H and O–H groups in total. The summed E-state index contributed by atoms with van der Waals surface area (Å²) in [6, 6.07) is 37.6. The maximum atomic E-state index is 11.0. The van der Waals surface area contributed by atoms with Crippen LogP contribution in [-0.4, -0.2) is 61.4 Å². The summed E-state index contributed by atoms with van der Waals surface area (Å²) in [5, 5.41) is 26.3. The molecule has 0 fully saturated rings. The van der Waals surface area contributed by atoms with Gasteiger partial charge in [-0.1, -0.05) is 91.0 Å². The Labute approximate surface area is 253 Å². The van der Waals surface area contributed by atoms with E-state index < -0.39 is 12.2 Å². The van der Waals surface area contributed by atoms with E-state index in [0.29, 0.717) is 19.7 Å². The predicted molar refractivity (Wildman–Crippen MR) is 163 cm³/mol. The number of hydrogen-bond acceptors (Lipinski definition) is 5. The second kappa shape index (κ2) is 15.4. The highest BCUT2D eigenvalue weighted by molar-refractivity contribution is 5.88. The van der Waals surface area contributed by atoms with Crippen LogP contribution in [0.25, 0.3) is 21.5 Å². The minimum absolute atomic E-state index is 0. The summed E-state index contributed by atoms with van der Waals surface area (Å²) in [5.41, 5.74) is 0. The number of halogens is 1. The van der Waals surface area contributed by atoms with E-state index in [1.165, 1.54) is 0 Å². The van der Waals surface area contributed by atoms with Crippen LogP contribution >= 0.6 is 0 Å². The molecule has 0 heterocycles. The van der Waals surface area contributed by atoms with Crippen LogP contribution in [-0.2, 0) is 0 Å². The lowest BCUT2D eigenvalue weighted by atomic mass is 10.1. The smallest absolute Gasteiger partial charge is 0.140 e. The molecule has 5 aromatic rings. The van der Waals surface area contributed by atoms with Gasteiger partial charge in [0, 0.05) is 10.8 Å². The van der Waals surface area contributed by atoms with Gasteiger partial charge in [0.1, 0.15) is 68.4 Å². The maximum Gasteiger partial charge on any atom is 0.140 e. The van der Waals surface area contributed by atoms with Crippen molar-refractivity contribution in [1.29, 1.82) is 0 Å². The zero-order chi connectivity index (χ0) is 28.4. The molecule has 0 bridgehead atoms. The zero-order valence-electron chi connectivity index (χ0n) is 23.7. The molecule has 0 amide bonds. The molecule has 7 heteroatoms. The number of aliphatic hydroxyl groups excluding tert-OH is 2. The van der Waals surface area contributed by atoms with Crippen LogP contribution in [0.3, 0.4) is 0 Å². The van der Waals surface area contributed by atoms with Crippen molar-refractivity contribution < 1.29 is 41.7 Å². The van der Waals surface area contributed by atoms with Crippen molar-refractivity contribution in [2.24, 2.45) is 0 Å². The molecule has 0 radical (unpaired) electrons. The standard InChI is InChI=1S/C35H37NO5.ClH/c1-26(23-39-31-15-3-2-4-16-31)36(21-29(37)24-40-34-19-9-13-27-11-5-7-17-32(27)34)22-30(38)25-41-35-20-10-14-28-12-6-8-18-33(28)35;/h2-20,26,29-30,37-38H,21-25H2,1H3;1H. The highest BCUT2D eigenvalue weighted by atomic mass is 35.5. The van der Waals surface area contributed by atoms with Crippen molar-refractivity contribution >= 4 is 21.5 Å². The fraction of sp³-hybridized carbons (Fsp3) is 0.257. The largest absolute Gasteiger partial charge is 1.00 e. The van der Waals surface area contributed by atoms with E-state index in [4.69, 9.17) is 14.2 Å². The van der Waals surface area contributed by atoms with Gasteiger partial charge in [-0.3, -0.25) is 0 Å². The Morgan fingerprint density at radius 3 is 1.52 bits per heavy atom. The molecular weight excluding hydrogens is 550 g/mol. The molecule has 0 spiro atoms. The van der Waals surface area contributed by atoms with Crippen molar-refractivity contribution in [3.05, 3.63) is 115 Å². The van der Waals surface area contributed by atoms with Crippen LogP contribution in [0.1, 0.15) is 6.92 Å². The third-order valence-corrected chi connectivity index (χ3v) is 7.30. The molecule has 0 aromatic heterocycles. The Balaban J connectivity index is 0.00000405. The van der Waals surface area contributed by atoms with Gasteiger partial charge in [0.2, 0.25) is 0 Å². The summed E-state index contributed by atoms with van der Waals surface area (Å²) in [6.45, 7) is 3.56. The number of nitrogens with one attached hydrogen (secondary N) is 1. The van der Waals surface area contributed by atoms with E-state index in [-0.39, 0.29) is 31.7 Å². The van der Waals surface area contributed by atoms with Gasteiger partial charge in [0.25, 0.3) is 0 Å². The second-order valence-electron chi connectivity index (χ2n) is 10.5.